The number of benzene rings is 2. The van der Waals surface area contributed by atoms with Gasteiger partial charge in [0.05, 0.1) is 5.69 Å². The predicted octanol–water partition coefficient (Wildman–Crippen LogP) is 4.04. The second-order valence-corrected chi connectivity index (χ2v) is 8.02. The monoisotopic (exact) mass is 443 g/mol. The third-order valence-corrected chi connectivity index (χ3v) is 5.82. The number of para-hydroxylation sites is 1. The molecule has 2 aromatic heterocycles. The molecule has 2 aromatic carbocycles. The lowest BCUT2D eigenvalue weighted by atomic mass is 10.3. The summed E-state index contributed by atoms with van der Waals surface area (Å²) in [5.74, 6) is 8.17. The van der Waals surface area contributed by atoms with E-state index in [9.17, 15) is 4.39 Å². The molecule has 0 aliphatic heterocycles. The third-order valence-electron chi connectivity index (χ3n) is 3.97. The van der Waals surface area contributed by atoms with Crippen molar-refractivity contribution >= 4 is 23.1 Å². The van der Waals surface area contributed by atoms with Gasteiger partial charge in [0, 0.05) is 11.1 Å². The zero-order chi connectivity index (χ0) is 20.8. The summed E-state index contributed by atoms with van der Waals surface area (Å²) in [6.45, 7) is 0.560. The van der Waals surface area contributed by atoms with Crippen molar-refractivity contribution in [2.75, 3.05) is 5.84 Å². The quantitative estimate of drug-likeness (QED) is 0.309. The van der Waals surface area contributed by atoms with Gasteiger partial charge in [-0.1, -0.05) is 30.0 Å². The lowest BCUT2D eigenvalue weighted by molar-refractivity contribution is 0.291. The van der Waals surface area contributed by atoms with Crippen LogP contribution in [-0.4, -0.2) is 19.9 Å². The summed E-state index contributed by atoms with van der Waals surface area (Å²) < 4.78 is 25.6. The summed E-state index contributed by atoms with van der Waals surface area (Å²) in [7, 11) is 0. The molecule has 4 rings (SSSR count). The number of rotatable bonds is 9. The molecule has 30 heavy (non-hydrogen) atoms. The Morgan fingerprint density at radius 1 is 0.967 bits per heavy atom. The number of thiazole rings is 1. The summed E-state index contributed by atoms with van der Waals surface area (Å²) in [6.07, 6.45) is 0. The van der Waals surface area contributed by atoms with Gasteiger partial charge in [0.25, 0.3) is 0 Å². The van der Waals surface area contributed by atoms with Gasteiger partial charge in [-0.15, -0.1) is 21.5 Å². The molecule has 4 aromatic rings. The van der Waals surface area contributed by atoms with Crippen LogP contribution in [0, 0.1) is 5.82 Å². The van der Waals surface area contributed by atoms with Gasteiger partial charge >= 0.3 is 0 Å². The van der Waals surface area contributed by atoms with E-state index < -0.39 is 0 Å². The first-order valence-corrected chi connectivity index (χ1v) is 10.9. The molecule has 0 aliphatic carbocycles. The van der Waals surface area contributed by atoms with E-state index in [-0.39, 0.29) is 12.4 Å². The smallest absolute Gasteiger partial charge is 0.210 e. The lowest BCUT2D eigenvalue weighted by Gasteiger charge is -2.06. The van der Waals surface area contributed by atoms with Crippen LogP contribution >= 0.6 is 23.1 Å². The Labute approximate surface area is 180 Å². The second-order valence-electron chi connectivity index (χ2n) is 6.13. The summed E-state index contributed by atoms with van der Waals surface area (Å²) in [6, 6.07) is 15.4. The number of nitrogens with two attached hydrogens (primary N) is 1. The van der Waals surface area contributed by atoms with Gasteiger partial charge in [-0.05, 0) is 36.4 Å². The Bertz CT molecular complexity index is 1090. The van der Waals surface area contributed by atoms with Crippen molar-refractivity contribution in [1.82, 2.24) is 19.9 Å². The molecule has 7 nitrogen and oxygen atoms in total. The Morgan fingerprint density at radius 3 is 2.50 bits per heavy atom. The molecule has 2 N–H and O–H groups in total. The largest absolute Gasteiger partial charge is 0.486 e. The van der Waals surface area contributed by atoms with Crippen LogP contribution in [-0.2, 0) is 19.0 Å². The van der Waals surface area contributed by atoms with E-state index in [2.05, 4.69) is 15.2 Å². The first-order valence-electron chi connectivity index (χ1n) is 8.99. The van der Waals surface area contributed by atoms with Crippen LogP contribution in [0.1, 0.15) is 16.5 Å². The minimum Gasteiger partial charge on any atom is -0.486 e. The van der Waals surface area contributed by atoms with Crippen molar-refractivity contribution in [2.45, 2.75) is 24.1 Å². The number of hydrogen-bond donors (Lipinski definition) is 1. The molecule has 10 heteroatoms. The maximum atomic E-state index is 12.9. The van der Waals surface area contributed by atoms with Gasteiger partial charge in [0.1, 0.15) is 35.5 Å². The molecule has 0 radical (unpaired) electrons. The molecule has 0 amide bonds. The summed E-state index contributed by atoms with van der Waals surface area (Å²) in [5, 5.41) is 11.6. The zero-order valence-electron chi connectivity index (χ0n) is 15.8. The van der Waals surface area contributed by atoms with Crippen molar-refractivity contribution < 1.29 is 13.9 Å². The molecule has 0 atom stereocenters. The maximum Gasteiger partial charge on any atom is 0.210 e. The van der Waals surface area contributed by atoms with Crippen LogP contribution in [0.25, 0.3) is 0 Å². The SMILES string of the molecule is Nn1c(COc2ccc(F)cc2)nnc1SCc1csc(COc2ccccc2)n1. The predicted molar refractivity (Wildman–Crippen MR) is 113 cm³/mol. The fourth-order valence-corrected chi connectivity index (χ4v) is 4.04. The second kappa shape index (κ2) is 9.59. The Kier molecular flexibility index (Phi) is 6.45. The van der Waals surface area contributed by atoms with Crippen molar-refractivity contribution in [3.63, 3.8) is 0 Å². The number of nitrogen functional groups attached to an aromatic ring is 1. The van der Waals surface area contributed by atoms with E-state index in [1.165, 1.54) is 28.6 Å². The molecule has 0 unspecified atom stereocenters. The van der Waals surface area contributed by atoms with Crippen molar-refractivity contribution in [3.8, 4) is 11.5 Å². The standard InChI is InChI=1S/C20H18FN5O2S2/c21-14-6-8-17(9-7-14)27-10-18-24-25-20(26(18)22)30-13-15-12-29-19(23-15)11-28-16-4-2-1-3-5-16/h1-9,12H,10-11,13,22H2. The van der Waals surface area contributed by atoms with Crippen LogP contribution in [0.3, 0.4) is 0 Å². The molecule has 0 bridgehead atoms. The minimum atomic E-state index is -0.320. The van der Waals surface area contributed by atoms with Crippen LogP contribution in [0.15, 0.2) is 65.1 Å². The third kappa shape index (κ3) is 5.28. The molecule has 0 saturated carbocycles. The minimum absolute atomic E-state index is 0.132. The van der Waals surface area contributed by atoms with Crippen molar-refractivity contribution in [2.24, 2.45) is 0 Å². The number of ether oxygens (including phenoxy) is 2. The summed E-state index contributed by atoms with van der Waals surface area (Å²) in [5.41, 5.74) is 0.920. The van der Waals surface area contributed by atoms with Gasteiger partial charge in [-0.2, -0.15) is 0 Å². The van der Waals surface area contributed by atoms with Gasteiger partial charge in [-0.25, -0.2) is 14.1 Å². The van der Waals surface area contributed by atoms with E-state index in [0.29, 0.717) is 29.1 Å². The van der Waals surface area contributed by atoms with Crippen LogP contribution < -0.4 is 15.3 Å². The highest BCUT2D eigenvalue weighted by atomic mass is 32.2. The highest BCUT2D eigenvalue weighted by Crippen LogP contribution is 2.23. The van der Waals surface area contributed by atoms with E-state index in [1.807, 2.05) is 35.7 Å². The maximum absolute atomic E-state index is 12.9. The van der Waals surface area contributed by atoms with Crippen LogP contribution in [0.5, 0.6) is 11.5 Å². The number of aromatic nitrogens is 4. The van der Waals surface area contributed by atoms with Crippen molar-refractivity contribution in [3.05, 3.63) is 82.3 Å². The molecule has 0 aliphatic rings. The van der Waals surface area contributed by atoms with Gasteiger partial charge in [0.2, 0.25) is 5.16 Å². The molecular formula is C20H18FN5O2S2. The van der Waals surface area contributed by atoms with E-state index in [1.54, 1.807) is 23.5 Å². The van der Waals surface area contributed by atoms with Crippen LogP contribution in [0.4, 0.5) is 4.39 Å². The highest BCUT2D eigenvalue weighted by molar-refractivity contribution is 7.98. The summed E-state index contributed by atoms with van der Waals surface area (Å²) >= 11 is 2.98. The molecule has 0 saturated heterocycles. The van der Waals surface area contributed by atoms with E-state index in [0.717, 1.165) is 16.5 Å². The topological polar surface area (TPSA) is 88.1 Å². The summed E-state index contributed by atoms with van der Waals surface area (Å²) in [4.78, 5) is 4.58. The Balaban J connectivity index is 1.28. The number of thioether (sulfide) groups is 1. The van der Waals surface area contributed by atoms with Gasteiger partial charge < -0.3 is 15.3 Å². The number of nitrogens with zero attached hydrogens (tertiary/aromatic N) is 4. The van der Waals surface area contributed by atoms with Crippen LogP contribution in [0.2, 0.25) is 0 Å². The average molecular weight is 444 g/mol. The van der Waals surface area contributed by atoms with E-state index in [4.69, 9.17) is 15.3 Å². The highest BCUT2D eigenvalue weighted by Gasteiger charge is 2.12. The van der Waals surface area contributed by atoms with Crippen molar-refractivity contribution in [1.29, 1.82) is 0 Å². The molecular weight excluding hydrogens is 425 g/mol. The molecule has 2 heterocycles. The Hall–Kier alpha value is -3.11. The van der Waals surface area contributed by atoms with Gasteiger partial charge in [-0.3, -0.25) is 0 Å². The normalized spacial score (nSPS) is 10.8. The molecule has 0 spiro atoms. The number of hydrogen-bond acceptors (Lipinski definition) is 8. The molecule has 154 valence electrons. The first kappa shape index (κ1) is 20.2. The van der Waals surface area contributed by atoms with Gasteiger partial charge in [0.15, 0.2) is 5.82 Å². The zero-order valence-corrected chi connectivity index (χ0v) is 17.4. The number of halogens is 1. The fourth-order valence-electron chi connectivity index (χ4n) is 2.46. The lowest BCUT2D eigenvalue weighted by Crippen LogP contribution is -2.15. The first-order chi connectivity index (χ1) is 14.7. The average Bonchev–Trinajstić information content (AvgIpc) is 3.37. The fraction of sp³-hybridized carbons (Fsp3) is 0.150. The van der Waals surface area contributed by atoms with E-state index >= 15 is 0 Å². The molecule has 0 fully saturated rings. The Morgan fingerprint density at radius 2 is 1.70 bits per heavy atom.